The maximum absolute atomic E-state index is 11.6. The van der Waals surface area contributed by atoms with Crippen molar-refractivity contribution in [2.75, 3.05) is 6.61 Å². The molecule has 0 saturated heterocycles. The van der Waals surface area contributed by atoms with Gasteiger partial charge in [0, 0.05) is 6.42 Å². The lowest BCUT2D eigenvalue weighted by atomic mass is 9.89. The number of aryl methyl sites for hydroxylation is 1. The molecular formula is C15H18O3. The summed E-state index contributed by atoms with van der Waals surface area (Å²) in [5.41, 5.74) is 1.54. The van der Waals surface area contributed by atoms with Crippen molar-refractivity contribution in [2.24, 2.45) is 0 Å². The third-order valence-electron chi connectivity index (χ3n) is 3.11. The highest BCUT2D eigenvalue weighted by molar-refractivity contribution is 5.84. The molecule has 0 aliphatic carbocycles. The first-order chi connectivity index (χ1) is 8.53. The SMILES string of the molecule is CCOC1=CC(=O)OC(C)(c2ccc(C)cc2)C1. The average molecular weight is 246 g/mol. The highest BCUT2D eigenvalue weighted by Crippen LogP contribution is 2.36. The molecule has 0 aromatic heterocycles. The summed E-state index contributed by atoms with van der Waals surface area (Å²) in [6.45, 7) is 6.42. The Balaban J connectivity index is 2.29. The van der Waals surface area contributed by atoms with Crippen LogP contribution >= 0.6 is 0 Å². The third kappa shape index (κ3) is 2.55. The molecular weight excluding hydrogens is 228 g/mol. The van der Waals surface area contributed by atoms with E-state index >= 15 is 0 Å². The van der Waals surface area contributed by atoms with Crippen molar-refractivity contribution in [3.63, 3.8) is 0 Å². The van der Waals surface area contributed by atoms with E-state index in [-0.39, 0.29) is 5.97 Å². The standard InChI is InChI=1S/C15H18O3/c1-4-17-13-9-14(16)18-15(3,10-13)12-7-5-11(2)6-8-12/h5-9H,4,10H2,1-3H3. The van der Waals surface area contributed by atoms with Crippen LogP contribution in [0.4, 0.5) is 0 Å². The summed E-state index contributed by atoms with van der Waals surface area (Å²) in [5.74, 6) is 0.351. The summed E-state index contributed by atoms with van der Waals surface area (Å²) in [7, 11) is 0. The first-order valence-electron chi connectivity index (χ1n) is 6.17. The molecule has 96 valence electrons. The number of hydrogen-bond donors (Lipinski definition) is 0. The van der Waals surface area contributed by atoms with Crippen molar-refractivity contribution in [1.29, 1.82) is 0 Å². The van der Waals surface area contributed by atoms with Gasteiger partial charge in [-0.3, -0.25) is 0 Å². The Labute approximate surface area is 107 Å². The maximum atomic E-state index is 11.6. The van der Waals surface area contributed by atoms with Crippen LogP contribution in [0, 0.1) is 6.92 Å². The van der Waals surface area contributed by atoms with Gasteiger partial charge in [-0.1, -0.05) is 29.8 Å². The number of hydrogen-bond acceptors (Lipinski definition) is 3. The summed E-state index contributed by atoms with van der Waals surface area (Å²) in [6.07, 6.45) is 2.01. The zero-order valence-electron chi connectivity index (χ0n) is 11.0. The first kappa shape index (κ1) is 12.7. The minimum absolute atomic E-state index is 0.340. The van der Waals surface area contributed by atoms with E-state index in [0.29, 0.717) is 18.8 Å². The lowest BCUT2D eigenvalue weighted by Crippen LogP contribution is -2.33. The van der Waals surface area contributed by atoms with E-state index in [9.17, 15) is 4.79 Å². The number of ether oxygens (including phenoxy) is 2. The monoisotopic (exact) mass is 246 g/mol. The lowest BCUT2D eigenvalue weighted by Gasteiger charge is -2.33. The van der Waals surface area contributed by atoms with Gasteiger partial charge in [0.1, 0.15) is 11.4 Å². The van der Waals surface area contributed by atoms with Gasteiger partial charge in [-0.15, -0.1) is 0 Å². The lowest BCUT2D eigenvalue weighted by molar-refractivity contribution is -0.156. The predicted octanol–water partition coefficient (Wildman–Crippen LogP) is 3.08. The maximum Gasteiger partial charge on any atom is 0.335 e. The molecule has 0 saturated carbocycles. The number of benzene rings is 1. The van der Waals surface area contributed by atoms with Crippen LogP contribution in [0.25, 0.3) is 0 Å². The van der Waals surface area contributed by atoms with Crippen molar-refractivity contribution in [2.45, 2.75) is 32.8 Å². The van der Waals surface area contributed by atoms with Gasteiger partial charge in [0.2, 0.25) is 0 Å². The van der Waals surface area contributed by atoms with Gasteiger partial charge in [-0.25, -0.2) is 4.79 Å². The highest BCUT2D eigenvalue weighted by Gasteiger charge is 2.36. The fraction of sp³-hybridized carbons (Fsp3) is 0.400. The van der Waals surface area contributed by atoms with Crippen molar-refractivity contribution in [1.82, 2.24) is 0 Å². The molecule has 1 aliphatic rings. The van der Waals surface area contributed by atoms with Gasteiger partial charge >= 0.3 is 5.97 Å². The van der Waals surface area contributed by atoms with E-state index in [4.69, 9.17) is 9.47 Å². The quantitative estimate of drug-likeness (QED) is 0.769. The van der Waals surface area contributed by atoms with E-state index in [0.717, 1.165) is 5.56 Å². The van der Waals surface area contributed by atoms with E-state index in [2.05, 4.69) is 0 Å². The fourth-order valence-corrected chi connectivity index (χ4v) is 2.15. The Hall–Kier alpha value is -1.77. The number of carbonyl (C=O) groups excluding carboxylic acids is 1. The van der Waals surface area contributed by atoms with E-state index in [1.54, 1.807) is 0 Å². The zero-order chi connectivity index (χ0) is 13.2. The number of carbonyl (C=O) groups is 1. The molecule has 1 aromatic carbocycles. The molecule has 0 fully saturated rings. The zero-order valence-corrected chi connectivity index (χ0v) is 11.0. The molecule has 0 amide bonds. The largest absolute Gasteiger partial charge is 0.498 e. The normalized spacial score (nSPS) is 23.3. The minimum atomic E-state index is -0.635. The molecule has 2 rings (SSSR count). The van der Waals surface area contributed by atoms with Crippen molar-refractivity contribution >= 4 is 5.97 Å². The molecule has 1 aliphatic heterocycles. The van der Waals surface area contributed by atoms with E-state index in [1.165, 1.54) is 11.6 Å². The number of rotatable bonds is 3. The van der Waals surface area contributed by atoms with Crippen LogP contribution < -0.4 is 0 Å². The molecule has 3 heteroatoms. The number of cyclic esters (lactones) is 1. The van der Waals surface area contributed by atoms with Crippen LogP contribution in [-0.2, 0) is 19.9 Å². The fourth-order valence-electron chi connectivity index (χ4n) is 2.15. The van der Waals surface area contributed by atoms with Crippen LogP contribution in [-0.4, -0.2) is 12.6 Å². The van der Waals surface area contributed by atoms with Gasteiger partial charge in [0.25, 0.3) is 0 Å². The van der Waals surface area contributed by atoms with E-state index < -0.39 is 5.60 Å². The minimum Gasteiger partial charge on any atom is -0.498 e. The Morgan fingerprint density at radius 1 is 1.33 bits per heavy atom. The summed E-state index contributed by atoms with van der Waals surface area (Å²) in [4.78, 5) is 11.6. The van der Waals surface area contributed by atoms with Gasteiger partial charge < -0.3 is 9.47 Å². The smallest absolute Gasteiger partial charge is 0.335 e. The second-order valence-corrected chi connectivity index (χ2v) is 4.74. The molecule has 0 N–H and O–H groups in total. The van der Waals surface area contributed by atoms with Crippen molar-refractivity contribution < 1.29 is 14.3 Å². The van der Waals surface area contributed by atoms with Crippen LogP contribution in [0.2, 0.25) is 0 Å². The molecule has 1 heterocycles. The molecule has 1 atom stereocenters. The molecule has 0 radical (unpaired) electrons. The second kappa shape index (κ2) is 4.84. The Bertz CT molecular complexity index is 473. The Morgan fingerprint density at radius 3 is 2.61 bits per heavy atom. The topological polar surface area (TPSA) is 35.5 Å². The van der Waals surface area contributed by atoms with Crippen LogP contribution in [0.1, 0.15) is 31.4 Å². The second-order valence-electron chi connectivity index (χ2n) is 4.74. The molecule has 1 unspecified atom stereocenters. The van der Waals surface area contributed by atoms with Gasteiger partial charge in [-0.05, 0) is 26.3 Å². The Morgan fingerprint density at radius 2 is 2.00 bits per heavy atom. The highest BCUT2D eigenvalue weighted by atomic mass is 16.6. The molecule has 0 bridgehead atoms. The van der Waals surface area contributed by atoms with Crippen molar-refractivity contribution in [3.05, 3.63) is 47.2 Å². The van der Waals surface area contributed by atoms with Gasteiger partial charge in [-0.2, -0.15) is 0 Å². The van der Waals surface area contributed by atoms with Crippen LogP contribution in [0.3, 0.4) is 0 Å². The molecule has 1 aromatic rings. The predicted molar refractivity (Wildman–Crippen MR) is 68.9 cm³/mol. The number of esters is 1. The van der Waals surface area contributed by atoms with Crippen LogP contribution in [0.15, 0.2) is 36.1 Å². The van der Waals surface area contributed by atoms with Gasteiger partial charge in [0.05, 0.1) is 12.7 Å². The van der Waals surface area contributed by atoms with Crippen molar-refractivity contribution in [3.8, 4) is 0 Å². The summed E-state index contributed by atoms with van der Waals surface area (Å²) >= 11 is 0. The third-order valence-corrected chi connectivity index (χ3v) is 3.11. The molecule has 3 nitrogen and oxygen atoms in total. The Kier molecular flexibility index (Phi) is 3.41. The average Bonchev–Trinajstić information content (AvgIpc) is 2.28. The first-order valence-corrected chi connectivity index (χ1v) is 6.17. The molecule has 18 heavy (non-hydrogen) atoms. The van der Waals surface area contributed by atoms with Gasteiger partial charge in [0.15, 0.2) is 0 Å². The summed E-state index contributed by atoms with van der Waals surface area (Å²) in [5, 5.41) is 0. The summed E-state index contributed by atoms with van der Waals surface area (Å²) < 4.78 is 10.9. The summed E-state index contributed by atoms with van der Waals surface area (Å²) in [6, 6.07) is 8.04. The van der Waals surface area contributed by atoms with E-state index in [1.807, 2.05) is 45.0 Å². The molecule has 0 spiro atoms. The van der Waals surface area contributed by atoms with Crippen LogP contribution in [0.5, 0.6) is 0 Å².